The molecule has 0 fully saturated rings. The van der Waals surface area contributed by atoms with Gasteiger partial charge in [0.2, 0.25) is 0 Å². The van der Waals surface area contributed by atoms with Gasteiger partial charge in [-0.25, -0.2) is 4.79 Å². The highest BCUT2D eigenvalue weighted by atomic mass is 32.1. The molecular weight excluding hydrogens is 388 g/mol. The average Bonchev–Trinajstić information content (AvgIpc) is 2.72. The van der Waals surface area contributed by atoms with Crippen molar-refractivity contribution < 1.29 is 19.1 Å². The van der Waals surface area contributed by atoms with Crippen LogP contribution in [0.25, 0.3) is 0 Å². The Balaban J connectivity index is 1.94. The molecule has 6 nitrogen and oxygen atoms in total. The normalized spacial score (nSPS) is 10.1. The van der Waals surface area contributed by atoms with Crippen LogP contribution in [0.1, 0.15) is 53.8 Å². The second-order valence-corrected chi connectivity index (χ2v) is 6.67. The number of hydrogen-bond donors (Lipinski definition) is 2. The number of anilines is 1. The molecule has 29 heavy (non-hydrogen) atoms. The molecule has 0 heterocycles. The lowest BCUT2D eigenvalue weighted by molar-refractivity contribution is 0.0526. The van der Waals surface area contributed by atoms with Crippen molar-refractivity contribution in [2.75, 3.05) is 18.5 Å². The van der Waals surface area contributed by atoms with E-state index < -0.39 is 0 Å². The van der Waals surface area contributed by atoms with Gasteiger partial charge in [-0.15, -0.1) is 0 Å². The molecule has 0 aliphatic carbocycles. The largest absolute Gasteiger partial charge is 0.493 e. The third-order valence-corrected chi connectivity index (χ3v) is 4.22. The van der Waals surface area contributed by atoms with Gasteiger partial charge >= 0.3 is 5.97 Å². The molecule has 2 aromatic rings. The lowest BCUT2D eigenvalue weighted by Gasteiger charge is -2.13. The Morgan fingerprint density at radius 3 is 2.41 bits per heavy atom. The van der Waals surface area contributed by atoms with E-state index in [2.05, 4.69) is 17.6 Å². The Hall–Kier alpha value is -2.93. The van der Waals surface area contributed by atoms with Gasteiger partial charge in [0.15, 0.2) is 5.11 Å². The summed E-state index contributed by atoms with van der Waals surface area (Å²) in [5.41, 5.74) is 1.51. The van der Waals surface area contributed by atoms with Crippen LogP contribution in [0.5, 0.6) is 5.75 Å². The quantitative estimate of drug-likeness (QED) is 0.356. The molecule has 0 atom stereocenters. The number of esters is 1. The van der Waals surface area contributed by atoms with E-state index in [1.807, 2.05) is 6.07 Å². The molecule has 0 saturated heterocycles. The Kier molecular flexibility index (Phi) is 9.11. The van der Waals surface area contributed by atoms with E-state index in [1.54, 1.807) is 49.4 Å². The van der Waals surface area contributed by atoms with Gasteiger partial charge in [-0.2, -0.15) is 0 Å². The number of carbonyl (C=O) groups excluding carboxylic acids is 2. The predicted molar refractivity (Wildman–Crippen MR) is 118 cm³/mol. The molecule has 0 aromatic heterocycles. The Morgan fingerprint density at radius 2 is 1.72 bits per heavy atom. The molecule has 0 radical (unpaired) electrons. The topological polar surface area (TPSA) is 76.7 Å². The first kappa shape index (κ1) is 22.4. The molecule has 2 N–H and O–H groups in total. The van der Waals surface area contributed by atoms with Crippen LogP contribution in [0.2, 0.25) is 0 Å². The highest BCUT2D eigenvalue weighted by Gasteiger charge is 2.14. The van der Waals surface area contributed by atoms with Crippen molar-refractivity contribution >= 4 is 34.9 Å². The number of amides is 1. The zero-order valence-electron chi connectivity index (χ0n) is 16.7. The molecule has 0 spiro atoms. The first-order chi connectivity index (χ1) is 14.0. The molecular formula is C22H26N2O4S. The van der Waals surface area contributed by atoms with Gasteiger partial charge in [0.25, 0.3) is 5.91 Å². The number of benzene rings is 2. The van der Waals surface area contributed by atoms with Crippen LogP contribution < -0.4 is 15.4 Å². The monoisotopic (exact) mass is 414 g/mol. The van der Waals surface area contributed by atoms with Crippen LogP contribution in [0.15, 0.2) is 48.5 Å². The summed E-state index contributed by atoms with van der Waals surface area (Å²) in [6, 6.07) is 13.7. The summed E-state index contributed by atoms with van der Waals surface area (Å²) in [6.45, 7) is 4.76. The minimum atomic E-state index is -0.384. The molecule has 0 saturated carbocycles. The molecule has 2 aromatic carbocycles. The van der Waals surface area contributed by atoms with E-state index in [1.165, 1.54) is 0 Å². The van der Waals surface area contributed by atoms with Crippen molar-refractivity contribution in [1.82, 2.24) is 5.32 Å². The van der Waals surface area contributed by atoms with Crippen molar-refractivity contribution in [2.45, 2.75) is 33.1 Å². The molecule has 0 aliphatic rings. The number of ether oxygens (including phenoxy) is 2. The number of rotatable bonds is 9. The highest BCUT2D eigenvalue weighted by molar-refractivity contribution is 7.80. The summed E-state index contributed by atoms with van der Waals surface area (Å²) >= 11 is 5.23. The van der Waals surface area contributed by atoms with Gasteiger partial charge in [-0.05, 0) is 62.0 Å². The van der Waals surface area contributed by atoms with Crippen molar-refractivity contribution in [3.63, 3.8) is 0 Å². The van der Waals surface area contributed by atoms with Gasteiger partial charge in [0.05, 0.1) is 24.3 Å². The number of hydrogen-bond acceptors (Lipinski definition) is 5. The van der Waals surface area contributed by atoms with Crippen molar-refractivity contribution in [3.05, 3.63) is 59.7 Å². The SMILES string of the molecule is CCCCCOc1ccccc1C(=O)NC(=S)Nc1ccc(C(=O)OCC)cc1. The molecule has 2 rings (SSSR count). The summed E-state index contributed by atoms with van der Waals surface area (Å²) in [7, 11) is 0. The van der Waals surface area contributed by atoms with Crippen LogP contribution in [0, 0.1) is 0 Å². The summed E-state index contributed by atoms with van der Waals surface area (Å²) in [6.07, 6.45) is 3.12. The van der Waals surface area contributed by atoms with Gasteiger partial charge in [-0.1, -0.05) is 31.9 Å². The van der Waals surface area contributed by atoms with Crippen LogP contribution in [0.3, 0.4) is 0 Å². The molecule has 154 valence electrons. The van der Waals surface area contributed by atoms with Gasteiger partial charge in [-0.3, -0.25) is 10.1 Å². The predicted octanol–water partition coefficient (Wildman–Crippen LogP) is 4.56. The first-order valence-corrected chi connectivity index (χ1v) is 10.1. The van der Waals surface area contributed by atoms with Crippen molar-refractivity contribution in [2.24, 2.45) is 0 Å². The Labute approximate surface area is 176 Å². The molecule has 7 heteroatoms. The van der Waals surface area contributed by atoms with Crippen LogP contribution >= 0.6 is 12.2 Å². The third-order valence-electron chi connectivity index (χ3n) is 4.02. The van der Waals surface area contributed by atoms with E-state index in [9.17, 15) is 9.59 Å². The van der Waals surface area contributed by atoms with Gasteiger partial charge in [0, 0.05) is 5.69 Å². The number of unbranched alkanes of at least 4 members (excludes halogenated alkanes) is 2. The second-order valence-electron chi connectivity index (χ2n) is 6.26. The van der Waals surface area contributed by atoms with Crippen LogP contribution in [-0.2, 0) is 4.74 Å². The summed E-state index contributed by atoms with van der Waals surface area (Å²) in [5, 5.41) is 5.73. The maximum atomic E-state index is 12.6. The minimum Gasteiger partial charge on any atom is -0.493 e. The fourth-order valence-electron chi connectivity index (χ4n) is 2.55. The average molecular weight is 415 g/mol. The zero-order chi connectivity index (χ0) is 21.1. The van der Waals surface area contributed by atoms with Crippen LogP contribution in [0.4, 0.5) is 5.69 Å². The first-order valence-electron chi connectivity index (χ1n) is 9.66. The van der Waals surface area contributed by atoms with E-state index in [0.29, 0.717) is 35.8 Å². The van der Waals surface area contributed by atoms with Crippen molar-refractivity contribution in [1.29, 1.82) is 0 Å². The Bertz CT molecular complexity index is 837. The fourth-order valence-corrected chi connectivity index (χ4v) is 2.76. The zero-order valence-corrected chi connectivity index (χ0v) is 17.5. The maximum Gasteiger partial charge on any atom is 0.338 e. The van der Waals surface area contributed by atoms with E-state index in [0.717, 1.165) is 19.3 Å². The summed E-state index contributed by atoms with van der Waals surface area (Å²) in [4.78, 5) is 24.3. The highest BCUT2D eigenvalue weighted by Crippen LogP contribution is 2.18. The lowest BCUT2D eigenvalue weighted by atomic mass is 10.2. The van der Waals surface area contributed by atoms with Gasteiger partial charge in [0.1, 0.15) is 5.75 Å². The molecule has 0 aliphatic heterocycles. The molecule has 0 unspecified atom stereocenters. The van der Waals surface area contributed by atoms with E-state index >= 15 is 0 Å². The minimum absolute atomic E-state index is 0.152. The number of para-hydroxylation sites is 1. The standard InChI is InChI=1S/C22H26N2O4S/c1-3-5-8-15-28-19-10-7-6-9-18(19)20(25)24-22(29)23-17-13-11-16(12-14-17)21(26)27-4-2/h6-7,9-14H,3-5,8,15H2,1-2H3,(H2,23,24,25,29). The third kappa shape index (κ3) is 7.19. The molecule has 1 amide bonds. The molecule has 0 bridgehead atoms. The maximum absolute atomic E-state index is 12.6. The number of carbonyl (C=O) groups is 2. The lowest BCUT2D eigenvalue weighted by Crippen LogP contribution is -2.34. The fraction of sp³-hybridized carbons (Fsp3) is 0.318. The van der Waals surface area contributed by atoms with E-state index in [-0.39, 0.29) is 17.0 Å². The number of thiocarbonyl (C=S) groups is 1. The van der Waals surface area contributed by atoms with Gasteiger partial charge < -0.3 is 14.8 Å². The van der Waals surface area contributed by atoms with Crippen molar-refractivity contribution in [3.8, 4) is 5.75 Å². The second kappa shape index (κ2) is 11.8. The Morgan fingerprint density at radius 1 is 1.00 bits per heavy atom. The smallest absolute Gasteiger partial charge is 0.338 e. The van der Waals surface area contributed by atoms with Crippen LogP contribution in [-0.4, -0.2) is 30.2 Å². The van der Waals surface area contributed by atoms with E-state index in [4.69, 9.17) is 21.7 Å². The summed E-state index contributed by atoms with van der Waals surface area (Å²) < 4.78 is 10.7. The number of nitrogens with one attached hydrogen (secondary N) is 2. The summed E-state index contributed by atoms with van der Waals surface area (Å²) in [5.74, 6) is -0.204.